The highest BCUT2D eigenvalue weighted by molar-refractivity contribution is 9.10. The van der Waals surface area contributed by atoms with E-state index >= 15 is 0 Å². The zero-order valence-corrected chi connectivity index (χ0v) is 8.81. The molecule has 0 saturated heterocycles. The second kappa shape index (κ2) is 3.06. The van der Waals surface area contributed by atoms with Gasteiger partial charge < -0.3 is 9.97 Å². The number of hydrogen-bond donors (Lipinski definition) is 2. The molecule has 0 radical (unpaired) electrons. The lowest BCUT2D eigenvalue weighted by Crippen LogP contribution is -2.08. The van der Waals surface area contributed by atoms with Crippen LogP contribution in [0.4, 0.5) is 0 Å². The third-order valence-corrected chi connectivity index (χ3v) is 2.50. The number of hydrogen-bond acceptors (Lipinski definition) is 3. The van der Waals surface area contributed by atoms with Crippen molar-refractivity contribution in [3.8, 4) is 0 Å². The van der Waals surface area contributed by atoms with Gasteiger partial charge in [-0.1, -0.05) is 0 Å². The Morgan fingerprint density at radius 2 is 2.29 bits per heavy atom. The summed E-state index contributed by atoms with van der Waals surface area (Å²) in [6, 6.07) is 0. The van der Waals surface area contributed by atoms with Crippen LogP contribution in [0.5, 0.6) is 0 Å². The number of halogens is 1. The molecule has 5 nitrogen and oxygen atoms in total. The average Bonchev–Trinajstić information content (AvgIpc) is 2.42. The summed E-state index contributed by atoms with van der Waals surface area (Å²) in [7, 11) is 0. The quantitative estimate of drug-likeness (QED) is 0.753. The summed E-state index contributed by atoms with van der Waals surface area (Å²) in [5.41, 5.74) is 0.433. The van der Waals surface area contributed by atoms with E-state index < -0.39 is 0 Å². The Bertz CT molecular complexity index is 569. The van der Waals surface area contributed by atoms with Gasteiger partial charge in [-0.25, -0.2) is 4.98 Å². The Kier molecular flexibility index (Phi) is 1.99. The standard InChI is InChI=1S/C8H6BrN3O2/c1-3(13)4-5-7(12-6(4)9)10-2-11-8(5)14/h2H,1H3,(H2,10,11,12,14). The Labute approximate surface area is 86.7 Å². The van der Waals surface area contributed by atoms with Gasteiger partial charge >= 0.3 is 0 Å². The van der Waals surface area contributed by atoms with Crippen molar-refractivity contribution in [1.29, 1.82) is 0 Å². The van der Waals surface area contributed by atoms with Crippen molar-refractivity contribution in [3.63, 3.8) is 0 Å². The molecular weight excluding hydrogens is 250 g/mol. The molecule has 0 amide bonds. The molecular formula is C8H6BrN3O2. The van der Waals surface area contributed by atoms with Gasteiger partial charge in [0.25, 0.3) is 5.56 Å². The van der Waals surface area contributed by atoms with Crippen LogP contribution in [0.3, 0.4) is 0 Å². The smallest absolute Gasteiger partial charge is 0.260 e. The number of nitrogens with one attached hydrogen (secondary N) is 2. The summed E-state index contributed by atoms with van der Waals surface area (Å²) in [5, 5.41) is 0.298. The monoisotopic (exact) mass is 255 g/mol. The first-order valence-corrected chi connectivity index (χ1v) is 4.66. The molecule has 2 rings (SSSR count). The molecule has 2 aromatic rings. The lowest BCUT2D eigenvalue weighted by atomic mass is 10.2. The summed E-state index contributed by atoms with van der Waals surface area (Å²) in [6.07, 6.45) is 1.29. The van der Waals surface area contributed by atoms with Crippen LogP contribution in [-0.4, -0.2) is 20.7 Å². The van der Waals surface area contributed by atoms with E-state index in [4.69, 9.17) is 0 Å². The third-order valence-electron chi connectivity index (χ3n) is 1.90. The van der Waals surface area contributed by atoms with Crippen LogP contribution in [0.15, 0.2) is 15.7 Å². The topological polar surface area (TPSA) is 78.6 Å². The van der Waals surface area contributed by atoms with Gasteiger partial charge in [-0.2, -0.15) is 0 Å². The Balaban J connectivity index is 3.01. The molecule has 0 aliphatic carbocycles. The van der Waals surface area contributed by atoms with Gasteiger partial charge in [0.2, 0.25) is 0 Å². The van der Waals surface area contributed by atoms with Crippen LogP contribution in [0.25, 0.3) is 11.0 Å². The molecule has 0 unspecified atom stereocenters. The molecule has 0 saturated carbocycles. The predicted octanol–water partition coefficient (Wildman–Crippen LogP) is 1.22. The highest BCUT2D eigenvalue weighted by Gasteiger charge is 2.16. The minimum atomic E-state index is -0.317. The number of Topliss-reactive ketones (excluding diaryl/α,β-unsaturated/α-hetero) is 1. The van der Waals surface area contributed by atoms with Gasteiger partial charge in [-0.05, 0) is 22.9 Å². The Morgan fingerprint density at radius 1 is 1.57 bits per heavy atom. The average molecular weight is 256 g/mol. The molecule has 2 aromatic heterocycles. The van der Waals surface area contributed by atoms with E-state index in [1.807, 2.05) is 0 Å². The van der Waals surface area contributed by atoms with Gasteiger partial charge in [-0.3, -0.25) is 9.59 Å². The molecule has 0 spiro atoms. The lowest BCUT2D eigenvalue weighted by molar-refractivity contribution is 0.101. The Morgan fingerprint density at radius 3 is 2.93 bits per heavy atom. The van der Waals surface area contributed by atoms with Crippen LogP contribution in [0, 0.1) is 0 Å². The van der Waals surface area contributed by atoms with E-state index in [9.17, 15) is 9.59 Å². The predicted molar refractivity (Wildman–Crippen MR) is 54.4 cm³/mol. The molecule has 0 aliphatic heterocycles. The number of H-pyrrole nitrogens is 2. The summed E-state index contributed by atoms with van der Waals surface area (Å²) >= 11 is 3.18. The van der Waals surface area contributed by atoms with E-state index in [2.05, 4.69) is 30.9 Å². The fraction of sp³-hybridized carbons (Fsp3) is 0.125. The van der Waals surface area contributed by atoms with Crippen LogP contribution < -0.4 is 5.56 Å². The molecule has 72 valence electrons. The van der Waals surface area contributed by atoms with Gasteiger partial charge in [0.05, 0.1) is 21.9 Å². The van der Waals surface area contributed by atoms with E-state index in [1.165, 1.54) is 13.3 Å². The molecule has 2 N–H and O–H groups in total. The van der Waals surface area contributed by atoms with Gasteiger partial charge in [0.15, 0.2) is 5.78 Å². The maximum atomic E-state index is 11.4. The van der Waals surface area contributed by atoms with E-state index in [0.717, 1.165) is 0 Å². The zero-order valence-electron chi connectivity index (χ0n) is 7.22. The van der Waals surface area contributed by atoms with Gasteiger partial charge in [-0.15, -0.1) is 0 Å². The first-order chi connectivity index (χ1) is 6.61. The number of aromatic amines is 2. The highest BCUT2D eigenvalue weighted by atomic mass is 79.9. The fourth-order valence-corrected chi connectivity index (χ4v) is 2.00. The number of nitrogens with zero attached hydrogens (tertiary/aromatic N) is 1. The second-order valence-electron chi connectivity index (χ2n) is 2.83. The third kappa shape index (κ3) is 1.19. The summed E-state index contributed by atoms with van der Waals surface area (Å²) in [6.45, 7) is 1.40. The summed E-state index contributed by atoms with van der Waals surface area (Å²) < 4.78 is 0.490. The molecule has 6 heteroatoms. The van der Waals surface area contributed by atoms with Crippen molar-refractivity contribution >= 4 is 32.7 Å². The zero-order chi connectivity index (χ0) is 10.3. The molecule has 0 bridgehead atoms. The largest absolute Gasteiger partial charge is 0.333 e. The van der Waals surface area contributed by atoms with Crippen molar-refractivity contribution in [2.45, 2.75) is 6.92 Å². The minimum Gasteiger partial charge on any atom is -0.333 e. The number of aromatic nitrogens is 3. The molecule has 2 heterocycles. The van der Waals surface area contributed by atoms with Gasteiger partial charge in [0.1, 0.15) is 5.65 Å². The van der Waals surface area contributed by atoms with Gasteiger partial charge in [0, 0.05) is 0 Å². The van der Waals surface area contributed by atoms with Crippen LogP contribution in [0.1, 0.15) is 17.3 Å². The number of carbonyl (C=O) groups is 1. The number of fused-ring (bicyclic) bond motifs is 1. The lowest BCUT2D eigenvalue weighted by Gasteiger charge is -1.91. The van der Waals surface area contributed by atoms with Crippen molar-refractivity contribution in [3.05, 3.63) is 26.8 Å². The molecule has 0 aromatic carbocycles. The summed E-state index contributed by atoms with van der Waals surface area (Å²) in [4.78, 5) is 31.8. The van der Waals surface area contributed by atoms with Crippen molar-refractivity contribution in [2.24, 2.45) is 0 Å². The molecule has 0 aliphatic rings. The maximum Gasteiger partial charge on any atom is 0.260 e. The summed E-state index contributed by atoms with van der Waals surface area (Å²) in [5.74, 6) is -0.179. The SMILES string of the molecule is CC(=O)c1c(Br)[nH]c2nc[nH]c(=O)c12. The number of carbonyl (C=O) groups excluding carboxylic acids is 1. The highest BCUT2D eigenvalue weighted by Crippen LogP contribution is 2.22. The van der Waals surface area contributed by atoms with Crippen molar-refractivity contribution in [2.75, 3.05) is 0 Å². The fourth-order valence-electron chi connectivity index (χ4n) is 1.33. The normalized spacial score (nSPS) is 10.7. The van der Waals surface area contributed by atoms with Crippen LogP contribution >= 0.6 is 15.9 Å². The maximum absolute atomic E-state index is 11.4. The van der Waals surface area contributed by atoms with Crippen LogP contribution in [0.2, 0.25) is 0 Å². The minimum absolute atomic E-state index is 0.179. The van der Waals surface area contributed by atoms with E-state index in [-0.39, 0.29) is 11.3 Å². The van der Waals surface area contributed by atoms with E-state index in [0.29, 0.717) is 21.2 Å². The first-order valence-electron chi connectivity index (χ1n) is 3.87. The molecule has 0 atom stereocenters. The van der Waals surface area contributed by atoms with Crippen LogP contribution in [-0.2, 0) is 0 Å². The van der Waals surface area contributed by atoms with Crippen molar-refractivity contribution < 1.29 is 4.79 Å². The molecule has 0 fully saturated rings. The Hall–Kier alpha value is -1.43. The number of rotatable bonds is 1. The van der Waals surface area contributed by atoms with Crippen molar-refractivity contribution in [1.82, 2.24) is 15.0 Å². The van der Waals surface area contributed by atoms with E-state index in [1.54, 1.807) is 0 Å². The molecule has 14 heavy (non-hydrogen) atoms. The number of ketones is 1. The first kappa shape index (κ1) is 9.14. The second-order valence-corrected chi connectivity index (χ2v) is 3.62.